The molecule has 0 aliphatic carbocycles. The van der Waals surface area contributed by atoms with Crippen LogP contribution in [0, 0.1) is 12.8 Å². The maximum atomic E-state index is 13.3. The summed E-state index contributed by atoms with van der Waals surface area (Å²) in [4.78, 5) is 18.1. The van der Waals surface area contributed by atoms with E-state index in [9.17, 15) is 31.1 Å². The van der Waals surface area contributed by atoms with E-state index in [0.717, 1.165) is 6.07 Å². The Balaban J connectivity index is 1.75. The van der Waals surface area contributed by atoms with Gasteiger partial charge in [-0.25, -0.2) is 4.98 Å². The van der Waals surface area contributed by atoms with Crippen LogP contribution in [0.4, 0.5) is 37.8 Å². The molecule has 3 rings (SSSR count). The number of hydrogen-bond donors (Lipinski definition) is 1. The third kappa shape index (κ3) is 6.04. The summed E-state index contributed by atoms with van der Waals surface area (Å²) in [6, 6.07) is 6.54. The number of benzene rings is 1. The zero-order valence-corrected chi connectivity index (χ0v) is 17.1. The quantitative estimate of drug-likeness (QED) is 0.622. The Kier molecular flexibility index (Phi) is 6.85. The number of ether oxygens (including phenoxy) is 1. The van der Waals surface area contributed by atoms with Crippen LogP contribution in [0.15, 0.2) is 36.5 Å². The molecule has 32 heavy (non-hydrogen) atoms. The number of aromatic nitrogens is 1. The first-order valence-electron chi connectivity index (χ1n) is 9.82. The molecular formula is C21H21F6N3O2. The molecule has 1 fully saturated rings. The molecule has 1 aromatic heterocycles. The normalized spacial score (nSPS) is 17.2. The Hall–Kier alpha value is -2.98. The van der Waals surface area contributed by atoms with Gasteiger partial charge in [0.1, 0.15) is 11.6 Å². The summed E-state index contributed by atoms with van der Waals surface area (Å²) >= 11 is 0. The van der Waals surface area contributed by atoms with Crippen molar-refractivity contribution < 1.29 is 35.9 Å². The van der Waals surface area contributed by atoms with E-state index in [0.29, 0.717) is 24.9 Å². The highest BCUT2D eigenvalue weighted by Crippen LogP contribution is 2.37. The van der Waals surface area contributed by atoms with Gasteiger partial charge in [-0.1, -0.05) is 6.07 Å². The molecule has 1 unspecified atom stereocenters. The lowest BCUT2D eigenvalue weighted by Gasteiger charge is -2.34. The van der Waals surface area contributed by atoms with E-state index < -0.39 is 36.3 Å². The third-order valence-electron chi connectivity index (χ3n) is 4.97. The van der Waals surface area contributed by atoms with Crippen LogP contribution in [-0.2, 0) is 11.0 Å². The first kappa shape index (κ1) is 23.7. The molecule has 1 aliphatic rings. The van der Waals surface area contributed by atoms with Crippen LogP contribution in [0.1, 0.15) is 24.0 Å². The second-order valence-electron chi connectivity index (χ2n) is 7.55. The van der Waals surface area contributed by atoms with Gasteiger partial charge in [0.05, 0.1) is 17.2 Å². The summed E-state index contributed by atoms with van der Waals surface area (Å²) in [7, 11) is 0. The Morgan fingerprint density at radius 2 is 1.97 bits per heavy atom. The van der Waals surface area contributed by atoms with E-state index in [1.54, 1.807) is 13.0 Å². The Morgan fingerprint density at radius 3 is 2.66 bits per heavy atom. The lowest BCUT2D eigenvalue weighted by atomic mass is 9.96. The first-order valence-corrected chi connectivity index (χ1v) is 9.82. The first-order chi connectivity index (χ1) is 14.9. The fraction of sp³-hybridized carbons (Fsp3) is 0.429. The van der Waals surface area contributed by atoms with Crippen LogP contribution in [0.2, 0.25) is 0 Å². The summed E-state index contributed by atoms with van der Waals surface area (Å²) < 4.78 is 82.5. The van der Waals surface area contributed by atoms with E-state index in [1.807, 2.05) is 0 Å². The molecule has 1 aliphatic heterocycles. The van der Waals surface area contributed by atoms with Gasteiger partial charge in [-0.2, -0.15) is 26.3 Å². The maximum Gasteiger partial charge on any atom is 0.422 e. The molecule has 0 spiro atoms. The summed E-state index contributed by atoms with van der Waals surface area (Å²) in [5.74, 6) is -1.57. The summed E-state index contributed by atoms with van der Waals surface area (Å²) in [5.41, 5.74) is -0.183. The minimum absolute atomic E-state index is 0.00344. The van der Waals surface area contributed by atoms with Crippen LogP contribution < -0.4 is 15.0 Å². The lowest BCUT2D eigenvalue weighted by Crippen LogP contribution is -2.42. The molecule has 1 saturated heterocycles. The van der Waals surface area contributed by atoms with Crippen LogP contribution >= 0.6 is 0 Å². The summed E-state index contributed by atoms with van der Waals surface area (Å²) in [6.07, 6.45) is -7.01. The number of piperidine rings is 1. The topological polar surface area (TPSA) is 54.5 Å². The Bertz CT molecular complexity index is 961. The molecule has 2 heterocycles. The third-order valence-corrected chi connectivity index (χ3v) is 4.97. The molecular weight excluding hydrogens is 440 g/mol. The number of pyridine rings is 1. The number of nitrogens with zero attached hydrogens (tertiary/aromatic N) is 2. The molecule has 0 saturated carbocycles. The van der Waals surface area contributed by atoms with Crippen molar-refractivity contribution in [3.05, 3.63) is 47.7 Å². The van der Waals surface area contributed by atoms with Gasteiger partial charge in [0.15, 0.2) is 6.61 Å². The minimum atomic E-state index is -4.59. The zero-order valence-electron chi connectivity index (χ0n) is 17.1. The van der Waals surface area contributed by atoms with Gasteiger partial charge in [0.2, 0.25) is 5.91 Å². The maximum absolute atomic E-state index is 13.3. The number of carbonyl (C=O) groups excluding carboxylic acids is 1. The number of carbonyl (C=O) groups is 1. The minimum Gasteiger partial charge on any atom is -0.482 e. The number of hydrogen-bond acceptors (Lipinski definition) is 4. The largest absolute Gasteiger partial charge is 0.482 e. The number of halogens is 6. The number of amides is 1. The van der Waals surface area contributed by atoms with Gasteiger partial charge in [0.25, 0.3) is 0 Å². The number of aryl methyl sites for hydroxylation is 1. The molecule has 0 bridgehead atoms. The molecule has 1 aromatic carbocycles. The number of rotatable bonds is 5. The molecule has 1 amide bonds. The van der Waals surface area contributed by atoms with Crippen molar-refractivity contribution in [1.29, 1.82) is 0 Å². The SMILES string of the molecule is Cc1ccc(NC(=O)C2CCCN(c3ncccc3C(F)(F)F)C2)c(OCC(F)(F)F)c1. The zero-order chi connectivity index (χ0) is 23.5. The summed E-state index contributed by atoms with van der Waals surface area (Å²) in [5, 5.41) is 2.56. The second kappa shape index (κ2) is 9.25. The van der Waals surface area contributed by atoms with Crippen LogP contribution in [-0.4, -0.2) is 36.8 Å². The average molecular weight is 461 g/mol. The molecule has 1 N–H and O–H groups in total. The van der Waals surface area contributed by atoms with Crippen molar-refractivity contribution in [1.82, 2.24) is 4.98 Å². The molecule has 174 valence electrons. The average Bonchev–Trinajstić information content (AvgIpc) is 2.72. The lowest BCUT2D eigenvalue weighted by molar-refractivity contribution is -0.153. The molecule has 5 nitrogen and oxygen atoms in total. The van der Waals surface area contributed by atoms with E-state index in [2.05, 4.69) is 10.3 Å². The molecule has 2 aromatic rings. The van der Waals surface area contributed by atoms with Crippen LogP contribution in [0.25, 0.3) is 0 Å². The van der Waals surface area contributed by atoms with Crippen molar-refractivity contribution in [3.8, 4) is 5.75 Å². The van der Waals surface area contributed by atoms with Crippen molar-refractivity contribution >= 4 is 17.4 Å². The molecule has 11 heteroatoms. The summed E-state index contributed by atoms with van der Waals surface area (Å²) in [6.45, 7) is 0.442. The highest BCUT2D eigenvalue weighted by Gasteiger charge is 2.37. The molecule has 0 radical (unpaired) electrons. The predicted molar refractivity (Wildman–Crippen MR) is 106 cm³/mol. The Morgan fingerprint density at radius 1 is 1.22 bits per heavy atom. The van der Waals surface area contributed by atoms with E-state index in [-0.39, 0.29) is 23.8 Å². The van der Waals surface area contributed by atoms with Gasteiger partial charge in [-0.05, 0) is 49.6 Å². The van der Waals surface area contributed by atoms with Crippen molar-refractivity contribution in [3.63, 3.8) is 0 Å². The van der Waals surface area contributed by atoms with Crippen LogP contribution in [0.5, 0.6) is 5.75 Å². The van der Waals surface area contributed by atoms with Gasteiger partial charge in [0, 0.05) is 19.3 Å². The fourth-order valence-electron chi connectivity index (χ4n) is 3.50. The molecule has 1 atom stereocenters. The van der Waals surface area contributed by atoms with Crippen LogP contribution in [0.3, 0.4) is 0 Å². The van der Waals surface area contributed by atoms with Gasteiger partial charge in [-0.15, -0.1) is 0 Å². The standard InChI is InChI=1S/C21H21F6N3O2/c1-13-6-7-16(17(10-13)32-12-20(22,23)24)29-19(31)14-4-3-9-30(11-14)18-15(21(25,26)27)5-2-8-28-18/h2,5-8,10,14H,3-4,9,11-12H2,1H3,(H,29,31). The van der Waals surface area contributed by atoms with Crippen molar-refractivity contribution in [2.45, 2.75) is 32.1 Å². The monoisotopic (exact) mass is 461 g/mol. The van der Waals surface area contributed by atoms with E-state index in [4.69, 9.17) is 4.74 Å². The highest BCUT2D eigenvalue weighted by molar-refractivity contribution is 5.94. The van der Waals surface area contributed by atoms with Gasteiger partial charge >= 0.3 is 12.4 Å². The fourth-order valence-corrected chi connectivity index (χ4v) is 3.50. The van der Waals surface area contributed by atoms with E-state index in [1.165, 1.54) is 29.3 Å². The second-order valence-corrected chi connectivity index (χ2v) is 7.55. The number of nitrogens with one attached hydrogen (secondary N) is 1. The van der Waals surface area contributed by atoms with Crippen molar-refractivity contribution in [2.24, 2.45) is 5.92 Å². The van der Waals surface area contributed by atoms with Gasteiger partial charge in [-0.3, -0.25) is 4.79 Å². The number of anilines is 2. The van der Waals surface area contributed by atoms with E-state index >= 15 is 0 Å². The van der Waals surface area contributed by atoms with Crippen molar-refractivity contribution in [2.75, 3.05) is 29.9 Å². The van der Waals surface area contributed by atoms with Gasteiger partial charge < -0.3 is 15.0 Å². The predicted octanol–water partition coefficient (Wildman–Crippen LogP) is 5.21. The highest BCUT2D eigenvalue weighted by atomic mass is 19.4. The smallest absolute Gasteiger partial charge is 0.422 e. The number of alkyl halides is 6. The Labute approximate surface area is 180 Å².